The summed E-state index contributed by atoms with van der Waals surface area (Å²) < 4.78 is 16.3. The van der Waals surface area contributed by atoms with Crippen LogP contribution < -0.4 is 20.1 Å². The number of carbonyl (C=O) groups excluding carboxylic acids is 1. The summed E-state index contributed by atoms with van der Waals surface area (Å²) in [5, 5.41) is 5.99. The average Bonchev–Trinajstić information content (AvgIpc) is 2.80. The van der Waals surface area contributed by atoms with E-state index in [4.69, 9.17) is 14.2 Å². The van der Waals surface area contributed by atoms with Gasteiger partial charge in [-0.1, -0.05) is 36.4 Å². The lowest BCUT2D eigenvalue weighted by Gasteiger charge is -2.11. The molecule has 0 aromatic heterocycles. The Kier molecular flexibility index (Phi) is 8.76. The molecule has 0 saturated carbocycles. The zero-order valence-electron chi connectivity index (χ0n) is 17.7. The molecule has 0 saturated heterocycles. The second kappa shape index (κ2) is 12.2. The van der Waals surface area contributed by atoms with Gasteiger partial charge in [0.25, 0.3) is 0 Å². The number of methoxy groups -OCH3 is 1. The van der Waals surface area contributed by atoms with Crippen molar-refractivity contribution in [3.8, 4) is 11.5 Å². The molecule has 3 rings (SSSR count). The summed E-state index contributed by atoms with van der Waals surface area (Å²) in [7, 11) is 1.63. The molecule has 0 fully saturated rings. The molecular weight excluding hydrogens is 392 g/mol. The summed E-state index contributed by atoms with van der Waals surface area (Å²) in [5.41, 5.74) is 2.78. The van der Waals surface area contributed by atoms with E-state index < -0.39 is 0 Å². The van der Waals surface area contributed by atoms with Gasteiger partial charge in [0, 0.05) is 31.0 Å². The molecule has 3 aromatic rings. The second-order valence-corrected chi connectivity index (χ2v) is 6.88. The molecule has 6 nitrogen and oxygen atoms in total. The first kappa shape index (κ1) is 22.2. The molecule has 0 aliphatic carbocycles. The molecule has 0 spiro atoms. The number of hydrogen-bond acceptors (Lipinski definition) is 5. The molecule has 6 heteroatoms. The minimum atomic E-state index is -0.136. The molecule has 0 heterocycles. The number of anilines is 2. The highest BCUT2D eigenvalue weighted by Gasteiger charge is 2.04. The van der Waals surface area contributed by atoms with Crippen molar-refractivity contribution in [3.05, 3.63) is 84.4 Å². The Morgan fingerprint density at radius 3 is 2.32 bits per heavy atom. The van der Waals surface area contributed by atoms with Crippen LogP contribution in [0.4, 0.5) is 11.4 Å². The van der Waals surface area contributed by atoms with Crippen molar-refractivity contribution in [2.75, 3.05) is 44.1 Å². The van der Waals surface area contributed by atoms with Crippen LogP contribution >= 0.6 is 0 Å². The van der Waals surface area contributed by atoms with Gasteiger partial charge in [-0.05, 0) is 42.0 Å². The van der Waals surface area contributed by atoms with Crippen LogP contribution in [0.25, 0.3) is 0 Å². The molecule has 0 radical (unpaired) electrons. The van der Waals surface area contributed by atoms with Crippen molar-refractivity contribution in [2.45, 2.75) is 6.42 Å². The van der Waals surface area contributed by atoms with Gasteiger partial charge in [-0.3, -0.25) is 4.79 Å². The van der Waals surface area contributed by atoms with E-state index in [0.29, 0.717) is 25.5 Å². The zero-order chi connectivity index (χ0) is 21.7. The van der Waals surface area contributed by atoms with Crippen molar-refractivity contribution < 1.29 is 19.0 Å². The van der Waals surface area contributed by atoms with Gasteiger partial charge in [0.15, 0.2) is 0 Å². The number of hydrogen-bond donors (Lipinski definition) is 2. The fourth-order valence-electron chi connectivity index (χ4n) is 2.89. The molecule has 31 heavy (non-hydrogen) atoms. The van der Waals surface area contributed by atoms with Crippen LogP contribution in [0.1, 0.15) is 5.56 Å². The maximum atomic E-state index is 12.2. The van der Waals surface area contributed by atoms with Crippen molar-refractivity contribution in [1.82, 2.24) is 0 Å². The number of carbonyl (C=O) groups is 1. The van der Waals surface area contributed by atoms with E-state index >= 15 is 0 Å². The van der Waals surface area contributed by atoms with Crippen LogP contribution in [0.5, 0.6) is 11.5 Å². The third-order valence-corrected chi connectivity index (χ3v) is 4.48. The topological polar surface area (TPSA) is 68.8 Å². The summed E-state index contributed by atoms with van der Waals surface area (Å²) in [6.07, 6.45) is 0.844. The highest BCUT2D eigenvalue weighted by atomic mass is 16.5. The monoisotopic (exact) mass is 420 g/mol. The van der Waals surface area contributed by atoms with Crippen LogP contribution in [-0.2, 0) is 16.0 Å². The van der Waals surface area contributed by atoms with Gasteiger partial charge in [-0.15, -0.1) is 0 Å². The van der Waals surface area contributed by atoms with E-state index in [1.807, 2.05) is 54.6 Å². The van der Waals surface area contributed by atoms with Crippen LogP contribution in [0.3, 0.4) is 0 Å². The first-order valence-electron chi connectivity index (χ1n) is 10.3. The number of rotatable bonds is 12. The van der Waals surface area contributed by atoms with Crippen molar-refractivity contribution >= 4 is 17.3 Å². The number of amides is 1. The van der Waals surface area contributed by atoms with E-state index in [2.05, 4.69) is 22.8 Å². The summed E-state index contributed by atoms with van der Waals surface area (Å²) in [5.74, 6) is 1.37. The molecule has 0 aliphatic heterocycles. The van der Waals surface area contributed by atoms with Crippen LogP contribution in [0, 0.1) is 0 Å². The smallest absolute Gasteiger partial charge is 0.243 e. The first-order chi connectivity index (χ1) is 15.2. The Hall–Kier alpha value is -3.51. The lowest BCUT2D eigenvalue weighted by Crippen LogP contribution is -2.21. The molecule has 2 N–H and O–H groups in total. The Labute approximate surface area is 183 Å². The standard InChI is InChI=1S/C25H28N2O4/c1-29-16-17-31-23-12-10-21(11-13-23)27-25(28)19-26-22-8-5-9-24(18-22)30-15-14-20-6-3-2-4-7-20/h2-13,18,26H,14-17,19H2,1H3,(H,27,28). The summed E-state index contributed by atoms with van der Waals surface area (Å²) in [4.78, 5) is 12.2. The Balaban J connectivity index is 1.41. The van der Waals surface area contributed by atoms with E-state index in [1.165, 1.54) is 5.56 Å². The summed E-state index contributed by atoms with van der Waals surface area (Å²) in [6, 6.07) is 25.1. The lowest BCUT2D eigenvalue weighted by atomic mass is 10.2. The number of ether oxygens (including phenoxy) is 3. The predicted molar refractivity (Wildman–Crippen MR) is 123 cm³/mol. The lowest BCUT2D eigenvalue weighted by molar-refractivity contribution is -0.114. The van der Waals surface area contributed by atoms with Gasteiger partial charge in [-0.2, -0.15) is 0 Å². The Morgan fingerprint density at radius 2 is 1.55 bits per heavy atom. The molecule has 0 unspecified atom stereocenters. The minimum Gasteiger partial charge on any atom is -0.493 e. The SMILES string of the molecule is COCCOc1ccc(NC(=O)CNc2cccc(OCCc3ccccc3)c2)cc1. The van der Waals surface area contributed by atoms with Gasteiger partial charge < -0.3 is 24.8 Å². The van der Waals surface area contributed by atoms with Gasteiger partial charge >= 0.3 is 0 Å². The second-order valence-electron chi connectivity index (χ2n) is 6.88. The Morgan fingerprint density at radius 1 is 0.774 bits per heavy atom. The summed E-state index contributed by atoms with van der Waals surface area (Å²) >= 11 is 0. The third-order valence-electron chi connectivity index (χ3n) is 4.48. The van der Waals surface area contributed by atoms with E-state index in [-0.39, 0.29) is 12.5 Å². The third kappa shape index (κ3) is 8.03. The molecule has 0 bridgehead atoms. The first-order valence-corrected chi connectivity index (χ1v) is 10.3. The molecule has 0 aliphatic rings. The van der Waals surface area contributed by atoms with Gasteiger partial charge in [0.2, 0.25) is 5.91 Å². The quantitative estimate of drug-likeness (QED) is 0.426. The van der Waals surface area contributed by atoms with Gasteiger partial charge in [0.05, 0.1) is 19.8 Å². The van der Waals surface area contributed by atoms with Crippen molar-refractivity contribution in [2.24, 2.45) is 0 Å². The van der Waals surface area contributed by atoms with Crippen molar-refractivity contribution in [1.29, 1.82) is 0 Å². The predicted octanol–water partition coefficient (Wildman–Crippen LogP) is 4.38. The van der Waals surface area contributed by atoms with Crippen LogP contribution in [-0.4, -0.2) is 39.4 Å². The van der Waals surface area contributed by atoms with Crippen LogP contribution in [0.2, 0.25) is 0 Å². The summed E-state index contributed by atoms with van der Waals surface area (Å²) in [6.45, 7) is 1.77. The van der Waals surface area contributed by atoms with Gasteiger partial charge in [0.1, 0.15) is 18.1 Å². The van der Waals surface area contributed by atoms with E-state index in [1.54, 1.807) is 19.2 Å². The number of nitrogens with one attached hydrogen (secondary N) is 2. The zero-order valence-corrected chi connectivity index (χ0v) is 17.7. The fraction of sp³-hybridized carbons (Fsp3) is 0.240. The molecule has 3 aromatic carbocycles. The van der Waals surface area contributed by atoms with Crippen molar-refractivity contribution in [3.63, 3.8) is 0 Å². The maximum absolute atomic E-state index is 12.2. The normalized spacial score (nSPS) is 10.4. The average molecular weight is 421 g/mol. The highest BCUT2D eigenvalue weighted by Crippen LogP contribution is 2.18. The fourth-order valence-corrected chi connectivity index (χ4v) is 2.89. The number of benzene rings is 3. The van der Waals surface area contributed by atoms with E-state index in [0.717, 1.165) is 23.6 Å². The van der Waals surface area contributed by atoms with E-state index in [9.17, 15) is 4.79 Å². The maximum Gasteiger partial charge on any atom is 0.243 e. The highest BCUT2D eigenvalue weighted by molar-refractivity contribution is 5.93. The van der Waals surface area contributed by atoms with Crippen LogP contribution in [0.15, 0.2) is 78.9 Å². The molecule has 1 amide bonds. The largest absolute Gasteiger partial charge is 0.493 e. The van der Waals surface area contributed by atoms with Gasteiger partial charge in [-0.25, -0.2) is 0 Å². The minimum absolute atomic E-state index is 0.136. The Bertz CT molecular complexity index is 930. The molecule has 162 valence electrons. The molecular formula is C25H28N2O4. The molecule has 0 atom stereocenters.